The Morgan fingerprint density at radius 3 is 2.81 bits per heavy atom. The van der Waals surface area contributed by atoms with Gasteiger partial charge in [0.25, 0.3) is 0 Å². The van der Waals surface area contributed by atoms with Crippen molar-refractivity contribution < 1.29 is 0 Å². The molecule has 4 heteroatoms. The molecular formula is C12H20ClN3. The lowest BCUT2D eigenvalue weighted by atomic mass is 10.0. The van der Waals surface area contributed by atoms with Gasteiger partial charge in [-0.05, 0) is 25.7 Å². The maximum Gasteiger partial charge on any atom is 0.129 e. The summed E-state index contributed by atoms with van der Waals surface area (Å²) in [6, 6.07) is 1.96. The Kier molecular flexibility index (Phi) is 6.16. The van der Waals surface area contributed by atoms with Gasteiger partial charge >= 0.3 is 0 Å². The molecule has 0 aliphatic carbocycles. The minimum atomic E-state index is 0.637. The first-order valence-electron chi connectivity index (χ1n) is 5.84. The van der Waals surface area contributed by atoms with Gasteiger partial charge in [0.1, 0.15) is 12.1 Å². The maximum atomic E-state index is 5.79. The maximum absolute atomic E-state index is 5.79. The minimum absolute atomic E-state index is 0.637. The number of hydrogen-bond donors (Lipinski definition) is 1. The van der Waals surface area contributed by atoms with Crippen LogP contribution in [0, 0.1) is 12.8 Å². The molecule has 0 aromatic carbocycles. The fourth-order valence-corrected chi connectivity index (χ4v) is 2.02. The van der Waals surface area contributed by atoms with Gasteiger partial charge in [-0.1, -0.05) is 13.3 Å². The van der Waals surface area contributed by atoms with E-state index in [2.05, 4.69) is 22.2 Å². The van der Waals surface area contributed by atoms with Crippen molar-refractivity contribution in [2.45, 2.75) is 33.1 Å². The third-order valence-electron chi connectivity index (χ3n) is 2.59. The van der Waals surface area contributed by atoms with E-state index in [1.807, 2.05) is 13.0 Å². The van der Waals surface area contributed by atoms with E-state index < -0.39 is 0 Å². The predicted molar refractivity (Wildman–Crippen MR) is 69.0 cm³/mol. The summed E-state index contributed by atoms with van der Waals surface area (Å²) in [5, 5.41) is 3.35. The van der Waals surface area contributed by atoms with Crippen LogP contribution in [0.25, 0.3) is 0 Å². The van der Waals surface area contributed by atoms with Crippen LogP contribution in [0.3, 0.4) is 0 Å². The highest BCUT2D eigenvalue weighted by molar-refractivity contribution is 6.17. The molecule has 1 heterocycles. The third kappa shape index (κ3) is 4.79. The molecule has 3 nitrogen and oxygen atoms in total. The summed E-state index contributed by atoms with van der Waals surface area (Å²) in [5.74, 6) is 2.27. The van der Waals surface area contributed by atoms with Gasteiger partial charge in [0.15, 0.2) is 0 Å². The fourth-order valence-electron chi connectivity index (χ4n) is 1.71. The van der Waals surface area contributed by atoms with Gasteiger partial charge in [-0.2, -0.15) is 0 Å². The monoisotopic (exact) mass is 241 g/mol. The van der Waals surface area contributed by atoms with Crippen molar-refractivity contribution in [2.75, 3.05) is 17.7 Å². The van der Waals surface area contributed by atoms with Crippen LogP contribution in [-0.2, 0) is 0 Å². The van der Waals surface area contributed by atoms with Crippen LogP contribution >= 0.6 is 11.6 Å². The number of rotatable bonds is 7. The van der Waals surface area contributed by atoms with Crippen LogP contribution in [0.4, 0.5) is 5.82 Å². The Balaban J connectivity index is 2.41. The molecule has 0 aliphatic rings. The molecule has 16 heavy (non-hydrogen) atoms. The van der Waals surface area contributed by atoms with E-state index in [4.69, 9.17) is 11.6 Å². The fraction of sp³-hybridized carbons (Fsp3) is 0.667. The highest BCUT2D eigenvalue weighted by atomic mass is 35.5. The lowest BCUT2D eigenvalue weighted by molar-refractivity contribution is 0.489. The Bertz CT molecular complexity index is 298. The average Bonchev–Trinajstić information content (AvgIpc) is 2.27. The zero-order chi connectivity index (χ0) is 11.8. The number of halogens is 1. The van der Waals surface area contributed by atoms with Crippen molar-refractivity contribution in [2.24, 2.45) is 5.92 Å². The molecule has 1 atom stereocenters. The second-order valence-electron chi connectivity index (χ2n) is 4.06. The second-order valence-corrected chi connectivity index (χ2v) is 4.44. The van der Waals surface area contributed by atoms with Gasteiger partial charge in [0.05, 0.1) is 0 Å². The summed E-state index contributed by atoms with van der Waals surface area (Å²) >= 11 is 5.79. The zero-order valence-corrected chi connectivity index (χ0v) is 10.8. The van der Waals surface area contributed by atoms with Crippen molar-refractivity contribution in [3.05, 3.63) is 18.1 Å². The van der Waals surface area contributed by atoms with Gasteiger partial charge < -0.3 is 5.32 Å². The summed E-state index contributed by atoms with van der Waals surface area (Å²) in [6.07, 6.45) is 5.07. The summed E-state index contributed by atoms with van der Waals surface area (Å²) in [6.45, 7) is 5.11. The van der Waals surface area contributed by atoms with E-state index in [-0.39, 0.29) is 0 Å². The minimum Gasteiger partial charge on any atom is -0.370 e. The molecular weight excluding hydrogens is 222 g/mol. The first kappa shape index (κ1) is 13.2. The van der Waals surface area contributed by atoms with Crippen molar-refractivity contribution in [1.82, 2.24) is 9.97 Å². The molecule has 90 valence electrons. The van der Waals surface area contributed by atoms with Crippen molar-refractivity contribution in [3.63, 3.8) is 0 Å². The van der Waals surface area contributed by atoms with Crippen LogP contribution in [-0.4, -0.2) is 22.4 Å². The normalized spacial score (nSPS) is 12.4. The number of anilines is 1. The van der Waals surface area contributed by atoms with E-state index in [9.17, 15) is 0 Å². The summed E-state index contributed by atoms with van der Waals surface area (Å²) in [7, 11) is 0. The summed E-state index contributed by atoms with van der Waals surface area (Å²) in [5.41, 5.74) is 0.988. The van der Waals surface area contributed by atoms with Gasteiger partial charge in [-0.25, -0.2) is 9.97 Å². The summed E-state index contributed by atoms with van der Waals surface area (Å²) < 4.78 is 0. The standard InChI is InChI=1S/C12H20ClN3/c1-3-4-11(5-6-13)8-14-12-7-10(2)15-9-16-12/h7,9,11H,3-6,8H2,1-2H3,(H,14,15,16). The van der Waals surface area contributed by atoms with Gasteiger partial charge in [-0.15, -0.1) is 11.6 Å². The van der Waals surface area contributed by atoms with E-state index >= 15 is 0 Å². The van der Waals surface area contributed by atoms with Crippen LogP contribution in [0.1, 0.15) is 31.9 Å². The third-order valence-corrected chi connectivity index (χ3v) is 2.81. The zero-order valence-electron chi connectivity index (χ0n) is 10.0. The SMILES string of the molecule is CCCC(CCCl)CNc1cc(C)ncn1. The van der Waals surface area contributed by atoms with Crippen LogP contribution in [0.5, 0.6) is 0 Å². The molecule has 0 amide bonds. The second kappa shape index (κ2) is 7.44. The molecule has 1 unspecified atom stereocenters. The molecule has 0 saturated carbocycles. The van der Waals surface area contributed by atoms with Crippen molar-refractivity contribution in [1.29, 1.82) is 0 Å². The molecule has 0 radical (unpaired) electrons. The van der Waals surface area contributed by atoms with Gasteiger partial charge in [0, 0.05) is 24.2 Å². The first-order chi connectivity index (χ1) is 7.76. The molecule has 0 spiro atoms. The Morgan fingerprint density at radius 2 is 2.19 bits per heavy atom. The molecule has 1 aromatic heterocycles. The molecule has 1 aromatic rings. The van der Waals surface area contributed by atoms with E-state index in [1.165, 1.54) is 12.8 Å². The molecule has 0 saturated heterocycles. The molecule has 0 fully saturated rings. The molecule has 1 rings (SSSR count). The number of nitrogens with one attached hydrogen (secondary N) is 1. The largest absolute Gasteiger partial charge is 0.370 e. The first-order valence-corrected chi connectivity index (χ1v) is 6.38. The van der Waals surface area contributed by atoms with E-state index in [0.717, 1.165) is 30.4 Å². The molecule has 0 bridgehead atoms. The number of aryl methyl sites for hydroxylation is 1. The highest BCUT2D eigenvalue weighted by Crippen LogP contribution is 2.13. The quantitative estimate of drug-likeness (QED) is 0.745. The Labute approximate surface area is 103 Å². The number of hydrogen-bond acceptors (Lipinski definition) is 3. The van der Waals surface area contributed by atoms with Gasteiger partial charge in [-0.3, -0.25) is 0 Å². The van der Waals surface area contributed by atoms with Crippen molar-refractivity contribution in [3.8, 4) is 0 Å². The lowest BCUT2D eigenvalue weighted by Crippen LogP contribution is -2.15. The van der Waals surface area contributed by atoms with E-state index in [1.54, 1.807) is 6.33 Å². The lowest BCUT2D eigenvalue weighted by Gasteiger charge is -2.15. The summed E-state index contributed by atoms with van der Waals surface area (Å²) in [4.78, 5) is 8.24. The molecule has 1 N–H and O–H groups in total. The number of nitrogens with zero attached hydrogens (tertiary/aromatic N) is 2. The Hall–Kier alpha value is -0.830. The van der Waals surface area contributed by atoms with E-state index in [0.29, 0.717) is 5.92 Å². The van der Waals surface area contributed by atoms with Gasteiger partial charge in [0.2, 0.25) is 0 Å². The highest BCUT2D eigenvalue weighted by Gasteiger charge is 2.07. The topological polar surface area (TPSA) is 37.8 Å². The number of alkyl halides is 1. The Morgan fingerprint density at radius 1 is 1.38 bits per heavy atom. The smallest absolute Gasteiger partial charge is 0.129 e. The molecule has 0 aliphatic heterocycles. The van der Waals surface area contributed by atoms with Crippen LogP contribution < -0.4 is 5.32 Å². The van der Waals surface area contributed by atoms with Crippen LogP contribution in [0.2, 0.25) is 0 Å². The van der Waals surface area contributed by atoms with Crippen LogP contribution in [0.15, 0.2) is 12.4 Å². The van der Waals surface area contributed by atoms with Crippen molar-refractivity contribution >= 4 is 17.4 Å². The predicted octanol–water partition coefficient (Wildman–Crippen LogP) is 3.24. The number of aromatic nitrogens is 2. The average molecular weight is 242 g/mol.